The van der Waals surface area contributed by atoms with Crippen molar-refractivity contribution < 1.29 is 14.3 Å². The number of allylic oxidation sites excluding steroid dienone is 1. The van der Waals surface area contributed by atoms with Crippen LogP contribution in [0.1, 0.15) is 35.8 Å². The third kappa shape index (κ3) is 3.40. The molecule has 0 fully saturated rings. The maximum absolute atomic E-state index is 12.2. The molecule has 2 aromatic rings. The van der Waals surface area contributed by atoms with Crippen LogP contribution in [-0.4, -0.2) is 28.8 Å². The summed E-state index contributed by atoms with van der Waals surface area (Å²) in [5.41, 5.74) is 1.34. The molecule has 0 saturated carbocycles. The van der Waals surface area contributed by atoms with Gasteiger partial charge >= 0.3 is 0 Å². The monoisotopic (exact) mass is 332 g/mol. The molecule has 0 bridgehead atoms. The number of nitrogens with zero attached hydrogens (tertiary/aromatic N) is 2. The van der Waals surface area contributed by atoms with Crippen molar-refractivity contribution in [2.75, 3.05) is 13.2 Å². The molecule has 3 rings (SSSR count). The van der Waals surface area contributed by atoms with E-state index in [1.165, 1.54) is 6.08 Å². The van der Waals surface area contributed by atoms with Crippen molar-refractivity contribution in [2.45, 2.75) is 19.9 Å². The fourth-order valence-corrected chi connectivity index (χ4v) is 2.52. The van der Waals surface area contributed by atoms with Gasteiger partial charge in [-0.1, -0.05) is 17.7 Å². The van der Waals surface area contributed by atoms with Gasteiger partial charge in [-0.15, -0.1) is 0 Å². The van der Waals surface area contributed by atoms with Crippen molar-refractivity contribution in [1.29, 1.82) is 0 Å². The molecule has 0 saturated heterocycles. The van der Waals surface area contributed by atoms with Gasteiger partial charge in [0.1, 0.15) is 13.2 Å². The molecule has 1 aromatic heterocycles. The van der Waals surface area contributed by atoms with Crippen molar-refractivity contribution >= 4 is 23.5 Å². The van der Waals surface area contributed by atoms with Crippen LogP contribution in [-0.2, 0) is 0 Å². The number of hydrogen-bond acceptors (Lipinski definition) is 4. The molecule has 1 aromatic carbocycles. The molecule has 1 aliphatic rings. The SMILES string of the molecule is CC(C)n1cc(C(=O)/C=C/c2cc(Cl)c3c(c2)OCCO3)cn1. The lowest BCUT2D eigenvalue weighted by Gasteiger charge is -2.19. The minimum atomic E-state index is -0.108. The van der Waals surface area contributed by atoms with Crippen molar-refractivity contribution in [2.24, 2.45) is 0 Å². The normalized spacial score (nSPS) is 13.7. The maximum atomic E-state index is 12.2. The molecule has 0 radical (unpaired) electrons. The van der Waals surface area contributed by atoms with E-state index in [4.69, 9.17) is 21.1 Å². The highest BCUT2D eigenvalue weighted by Gasteiger charge is 2.16. The maximum Gasteiger partial charge on any atom is 0.189 e. The predicted octanol–water partition coefficient (Wildman–Crippen LogP) is 3.78. The summed E-state index contributed by atoms with van der Waals surface area (Å²) in [6.45, 7) is 4.99. The molecule has 2 heterocycles. The second-order valence-electron chi connectivity index (χ2n) is 5.53. The predicted molar refractivity (Wildman–Crippen MR) is 88.4 cm³/mol. The Morgan fingerprint density at radius 1 is 1.35 bits per heavy atom. The van der Waals surface area contributed by atoms with E-state index in [2.05, 4.69) is 5.10 Å². The van der Waals surface area contributed by atoms with Crippen LogP contribution < -0.4 is 9.47 Å². The van der Waals surface area contributed by atoms with Gasteiger partial charge in [-0.3, -0.25) is 9.48 Å². The van der Waals surface area contributed by atoms with Crippen molar-refractivity contribution in [3.63, 3.8) is 0 Å². The molecule has 0 unspecified atom stereocenters. The van der Waals surface area contributed by atoms with E-state index in [1.54, 1.807) is 29.2 Å². The second kappa shape index (κ2) is 6.46. The number of carbonyl (C=O) groups excluding carboxylic acids is 1. The third-order valence-electron chi connectivity index (χ3n) is 3.46. The zero-order valence-electron chi connectivity index (χ0n) is 13.0. The zero-order chi connectivity index (χ0) is 16.4. The number of hydrogen-bond donors (Lipinski definition) is 0. The van der Waals surface area contributed by atoms with Crippen molar-refractivity contribution in [3.05, 3.63) is 46.8 Å². The van der Waals surface area contributed by atoms with E-state index in [0.29, 0.717) is 35.3 Å². The van der Waals surface area contributed by atoms with Gasteiger partial charge in [-0.05, 0) is 37.6 Å². The quantitative estimate of drug-likeness (QED) is 0.631. The lowest BCUT2D eigenvalue weighted by molar-refractivity contribution is 0.104. The van der Waals surface area contributed by atoms with Gasteiger partial charge < -0.3 is 9.47 Å². The van der Waals surface area contributed by atoms with Crippen molar-refractivity contribution in [1.82, 2.24) is 9.78 Å². The molecule has 23 heavy (non-hydrogen) atoms. The van der Waals surface area contributed by atoms with Crippen LogP contribution in [0.3, 0.4) is 0 Å². The molecular formula is C17H17ClN2O3. The Labute approximate surface area is 139 Å². The Kier molecular flexibility index (Phi) is 4.39. The standard InChI is InChI=1S/C17H17ClN2O3/c1-11(2)20-10-13(9-19-20)15(21)4-3-12-7-14(18)17-16(8-12)22-5-6-23-17/h3-4,7-11H,5-6H2,1-2H3/b4-3+. The fourth-order valence-electron chi connectivity index (χ4n) is 2.24. The number of ketones is 1. The van der Waals surface area contributed by atoms with Crippen LogP contribution in [0, 0.1) is 0 Å². The number of rotatable bonds is 4. The highest BCUT2D eigenvalue weighted by Crippen LogP contribution is 2.38. The Hall–Kier alpha value is -2.27. The highest BCUT2D eigenvalue weighted by molar-refractivity contribution is 6.32. The summed E-state index contributed by atoms with van der Waals surface area (Å²) in [5, 5.41) is 4.64. The molecule has 0 aliphatic carbocycles. The van der Waals surface area contributed by atoms with Gasteiger partial charge in [0, 0.05) is 12.2 Å². The minimum Gasteiger partial charge on any atom is -0.486 e. The zero-order valence-corrected chi connectivity index (χ0v) is 13.7. The first kappa shape index (κ1) is 15.6. The largest absolute Gasteiger partial charge is 0.486 e. The summed E-state index contributed by atoms with van der Waals surface area (Å²) < 4.78 is 12.7. The fraction of sp³-hybridized carbons (Fsp3) is 0.294. The minimum absolute atomic E-state index is 0.108. The van der Waals surface area contributed by atoms with E-state index in [0.717, 1.165) is 5.56 Å². The Morgan fingerprint density at radius 3 is 2.87 bits per heavy atom. The molecule has 5 nitrogen and oxygen atoms in total. The molecule has 0 spiro atoms. The van der Waals surface area contributed by atoms with Gasteiger partial charge in [-0.2, -0.15) is 5.10 Å². The van der Waals surface area contributed by atoms with E-state index in [1.807, 2.05) is 19.9 Å². The molecule has 120 valence electrons. The Bertz CT molecular complexity index is 765. The lowest BCUT2D eigenvalue weighted by Crippen LogP contribution is -2.15. The van der Waals surface area contributed by atoms with Gasteiger partial charge in [0.05, 0.1) is 16.8 Å². The van der Waals surface area contributed by atoms with Gasteiger partial charge in [0.25, 0.3) is 0 Å². The van der Waals surface area contributed by atoms with Crippen LogP contribution in [0.25, 0.3) is 6.08 Å². The topological polar surface area (TPSA) is 53.4 Å². The van der Waals surface area contributed by atoms with Crippen LogP contribution in [0.5, 0.6) is 11.5 Å². The van der Waals surface area contributed by atoms with Crippen LogP contribution in [0.4, 0.5) is 0 Å². The van der Waals surface area contributed by atoms with Gasteiger partial charge in [-0.25, -0.2) is 0 Å². The smallest absolute Gasteiger partial charge is 0.189 e. The lowest BCUT2D eigenvalue weighted by atomic mass is 10.1. The van der Waals surface area contributed by atoms with Crippen LogP contribution in [0.2, 0.25) is 5.02 Å². The summed E-state index contributed by atoms with van der Waals surface area (Å²) in [6, 6.07) is 3.77. The summed E-state index contributed by atoms with van der Waals surface area (Å²) >= 11 is 6.18. The number of halogens is 1. The summed E-state index contributed by atoms with van der Waals surface area (Å²) in [4.78, 5) is 12.2. The number of benzene rings is 1. The summed E-state index contributed by atoms with van der Waals surface area (Å²) in [6.07, 6.45) is 6.53. The number of aromatic nitrogens is 2. The first-order chi connectivity index (χ1) is 11.0. The highest BCUT2D eigenvalue weighted by atomic mass is 35.5. The van der Waals surface area contributed by atoms with Crippen LogP contribution in [0.15, 0.2) is 30.6 Å². The third-order valence-corrected chi connectivity index (χ3v) is 3.74. The van der Waals surface area contributed by atoms with E-state index in [9.17, 15) is 4.79 Å². The molecular weight excluding hydrogens is 316 g/mol. The van der Waals surface area contributed by atoms with Crippen molar-refractivity contribution in [3.8, 4) is 11.5 Å². The molecule has 0 N–H and O–H groups in total. The van der Waals surface area contributed by atoms with E-state index in [-0.39, 0.29) is 11.8 Å². The molecule has 0 amide bonds. The number of carbonyl (C=O) groups is 1. The van der Waals surface area contributed by atoms with E-state index < -0.39 is 0 Å². The second-order valence-corrected chi connectivity index (χ2v) is 5.93. The van der Waals surface area contributed by atoms with Crippen LogP contribution >= 0.6 is 11.6 Å². The first-order valence-electron chi connectivity index (χ1n) is 7.40. The van der Waals surface area contributed by atoms with E-state index >= 15 is 0 Å². The average Bonchev–Trinajstić information content (AvgIpc) is 3.03. The molecule has 6 heteroatoms. The summed E-state index contributed by atoms with van der Waals surface area (Å²) in [5.74, 6) is 1.05. The Morgan fingerprint density at radius 2 is 2.13 bits per heavy atom. The molecule has 0 atom stereocenters. The first-order valence-corrected chi connectivity index (χ1v) is 7.78. The number of ether oxygens (including phenoxy) is 2. The molecule has 1 aliphatic heterocycles. The van der Waals surface area contributed by atoms with Gasteiger partial charge in [0.2, 0.25) is 0 Å². The number of fused-ring (bicyclic) bond motifs is 1. The Balaban J connectivity index is 1.79. The average molecular weight is 333 g/mol. The summed E-state index contributed by atoms with van der Waals surface area (Å²) in [7, 11) is 0. The van der Waals surface area contributed by atoms with Gasteiger partial charge in [0.15, 0.2) is 17.3 Å².